The molecule has 0 aliphatic carbocycles. The van der Waals surface area contributed by atoms with Gasteiger partial charge in [0.05, 0.1) is 22.7 Å². The van der Waals surface area contributed by atoms with Crippen molar-refractivity contribution in [3.63, 3.8) is 0 Å². The normalized spacial score (nSPS) is 11.2. The maximum Gasteiger partial charge on any atom is 0.178 e. The number of para-hydroxylation sites is 1. The molecule has 3 nitrogen and oxygen atoms in total. The minimum absolute atomic E-state index is 0.761. The number of nitrogens with one attached hydrogen (secondary N) is 1. The van der Waals surface area contributed by atoms with Gasteiger partial charge in [-0.3, -0.25) is 4.98 Å². The van der Waals surface area contributed by atoms with Crippen molar-refractivity contribution in [3.8, 4) is 0 Å². The molecule has 0 saturated carbocycles. The van der Waals surface area contributed by atoms with E-state index in [4.69, 9.17) is 12.2 Å². The van der Waals surface area contributed by atoms with Gasteiger partial charge in [0.2, 0.25) is 0 Å². The number of rotatable bonds is 5. The molecule has 1 N–H and O–H groups in total. The van der Waals surface area contributed by atoms with Crippen LogP contribution in [0.3, 0.4) is 0 Å². The summed E-state index contributed by atoms with van der Waals surface area (Å²) in [5.74, 6) is 1.99. The number of hydrogen-bond donors (Lipinski definition) is 1. The monoisotopic (exact) mass is 301 g/mol. The zero-order valence-electron chi connectivity index (χ0n) is 11.0. The van der Waals surface area contributed by atoms with Gasteiger partial charge in [-0.05, 0) is 18.3 Å². The highest BCUT2D eigenvalue weighted by atomic mass is 32.2. The van der Waals surface area contributed by atoms with E-state index in [0.717, 1.165) is 44.8 Å². The van der Waals surface area contributed by atoms with Crippen molar-refractivity contribution in [1.29, 1.82) is 0 Å². The van der Waals surface area contributed by atoms with Crippen molar-refractivity contribution in [2.75, 3.05) is 11.5 Å². The second-order valence-electron chi connectivity index (χ2n) is 4.48. The second-order valence-corrected chi connectivity index (χ2v) is 6.02. The second kappa shape index (κ2) is 5.81. The number of nitrogens with zero attached hydrogens (tertiary/aromatic N) is 2. The van der Waals surface area contributed by atoms with Crippen molar-refractivity contribution in [2.45, 2.75) is 6.54 Å². The standard InChI is InChI=1S/C15H15N3S2/c1-2-8-20-9-7-18-14-11-5-3-4-6-12(11)16-10-13(14)17-15(18)19/h2-6,10H,1,7-9H2,(H,17,19). The molecule has 1 aromatic carbocycles. The molecule has 3 rings (SSSR count). The lowest BCUT2D eigenvalue weighted by Gasteiger charge is -2.06. The van der Waals surface area contributed by atoms with E-state index in [-0.39, 0.29) is 0 Å². The van der Waals surface area contributed by atoms with Crippen molar-refractivity contribution in [1.82, 2.24) is 14.5 Å². The fourth-order valence-corrected chi connectivity index (χ4v) is 3.27. The molecular formula is C15H15N3S2. The first-order chi connectivity index (χ1) is 9.81. The minimum Gasteiger partial charge on any atom is -0.329 e. The predicted octanol–water partition coefficient (Wildman–Crippen LogP) is 4.17. The molecule has 20 heavy (non-hydrogen) atoms. The summed E-state index contributed by atoms with van der Waals surface area (Å²) in [5, 5.41) is 1.14. The maximum atomic E-state index is 5.44. The predicted molar refractivity (Wildman–Crippen MR) is 89.9 cm³/mol. The Labute approximate surface area is 126 Å². The fraction of sp³-hybridized carbons (Fsp3) is 0.200. The van der Waals surface area contributed by atoms with Gasteiger partial charge < -0.3 is 9.55 Å². The van der Waals surface area contributed by atoms with Gasteiger partial charge in [0.15, 0.2) is 4.77 Å². The fourth-order valence-electron chi connectivity index (χ4n) is 2.33. The van der Waals surface area contributed by atoms with E-state index >= 15 is 0 Å². The number of aryl methyl sites for hydroxylation is 1. The number of benzene rings is 1. The SMILES string of the molecule is C=CCSCCn1c(=S)[nH]c2cnc3ccccc3c21. The van der Waals surface area contributed by atoms with Crippen LogP contribution in [-0.2, 0) is 6.54 Å². The van der Waals surface area contributed by atoms with Crippen LogP contribution in [0.25, 0.3) is 21.9 Å². The highest BCUT2D eigenvalue weighted by molar-refractivity contribution is 7.99. The number of hydrogen-bond acceptors (Lipinski definition) is 3. The molecule has 0 amide bonds. The average Bonchev–Trinajstić information content (AvgIpc) is 2.80. The summed E-state index contributed by atoms with van der Waals surface area (Å²) in [6.07, 6.45) is 3.79. The van der Waals surface area contributed by atoms with Crippen molar-refractivity contribution in [3.05, 3.63) is 47.9 Å². The van der Waals surface area contributed by atoms with Gasteiger partial charge >= 0.3 is 0 Å². The molecule has 0 aliphatic rings. The third-order valence-electron chi connectivity index (χ3n) is 3.20. The van der Waals surface area contributed by atoms with Crippen LogP contribution >= 0.6 is 24.0 Å². The number of aromatic amines is 1. The third kappa shape index (κ3) is 2.39. The number of fused-ring (bicyclic) bond motifs is 3. The first kappa shape index (κ1) is 13.4. The van der Waals surface area contributed by atoms with E-state index in [1.165, 1.54) is 0 Å². The zero-order chi connectivity index (χ0) is 13.9. The Morgan fingerprint density at radius 2 is 2.25 bits per heavy atom. The molecule has 0 aliphatic heterocycles. The van der Waals surface area contributed by atoms with Crippen LogP contribution < -0.4 is 0 Å². The average molecular weight is 301 g/mol. The van der Waals surface area contributed by atoms with Gasteiger partial charge in [-0.2, -0.15) is 11.8 Å². The van der Waals surface area contributed by atoms with E-state index in [1.807, 2.05) is 42.2 Å². The van der Waals surface area contributed by atoms with E-state index in [2.05, 4.69) is 27.2 Å². The molecule has 5 heteroatoms. The summed E-state index contributed by atoms with van der Waals surface area (Å²) in [6, 6.07) is 8.17. The van der Waals surface area contributed by atoms with E-state index in [1.54, 1.807) is 0 Å². The van der Waals surface area contributed by atoms with Crippen LogP contribution in [0.4, 0.5) is 0 Å². The van der Waals surface area contributed by atoms with Crippen LogP contribution in [0.15, 0.2) is 43.1 Å². The highest BCUT2D eigenvalue weighted by Gasteiger charge is 2.08. The molecule has 2 aromatic heterocycles. The minimum atomic E-state index is 0.761. The largest absolute Gasteiger partial charge is 0.329 e. The lowest BCUT2D eigenvalue weighted by molar-refractivity contribution is 0.785. The van der Waals surface area contributed by atoms with Crippen molar-refractivity contribution in [2.24, 2.45) is 0 Å². The van der Waals surface area contributed by atoms with Gasteiger partial charge in [-0.15, -0.1) is 6.58 Å². The summed E-state index contributed by atoms with van der Waals surface area (Å²) in [4.78, 5) is 7.71. The molecule has 0 atom stereocenters. The van der Waals surface area contributed by atoms with Gasteiger partial charge in [0.1, 0.15) is 0 Å². The van der Waals surface area contributed by atoms with E-state index in [9.17, 15) is 0 Å². The Balaban J connectivity index is 2.10. The molecule has 0 fully saturated rings. The number of imidazole rings is 1. The lowest BCUT2D eigenvalue weighted by atomic mass is 10.2. The van der Waals surface area contributed by atoms with Crippen molar-refractivity contribution < 1.29 is 0 Å². The summed E-state index contributed by atoms with van der Waals surface area (Å²) in [5.41, 5.74) is 3.16. The van der Waals surface area contributed by atoms with E-state index < -0.39 is 0 Å². The smallest absolute Gasteiger partial charge is 0.178 e. The molecule has 0 bridgehead atoms. The van der Waals surface area contributed by atoms with Crippen LogP contribution in [0.5, 0.6) is 0 Å². The summed E-state index contributed by atoms with van der Waals surface area (Å²) < 4.78 is 2.93. The Morgan fingerprint density at radius 3 is 3.10 bits per heavy atom. The van der Waals surface area contributed by atoms with Crippen molar-refractivity contribution >= 4 is 45.9 Å². The van der Waals surface area contributed by atoms with Gasteiger partial charge in [0.25, 0.3) is 0 Å². The van der Waals surface area contributed by atoms with Crippen LogP contribution in [0.1, 0.15) is 0 Å². The summed E-state index contributed by atoms with van der Waals surface area (Å²) >= 11 is 7.30. The van der Waals surface area contributed by atoms with Gasteiger partial charge in [-0.25, -0.2) is 0 Å². The number of thioether (sulfide) groups is 1. The quantitative estimate of drug-likeness (QED) is 0.436. The maximum absolute atomic E-state index is 5.44. The molecule has 102 valence electrons. The Morgan fingerprint density at radius 1 is 1.40 bits per heavy atom. The zero-order valence-corrected chi connectivity index (χ0v) is 12.6. The number of H-pyrrole nitrogens is 1. The first-order valence-electron chi connectivity index (χ1n) is 6.46. The molecule has 2 heterocycles. The molecule has 0 saturated heterocycles. The van der Waals surface area contributed by atoms with Crippen LogP contribution in [0, 0.1) is 4.77 Å². The van der Waals surface area contributed by atoms with Gasteiger partial charge in [-0.1, -0.05) is 24.3 Å². The number of aromatic nitrogens is 3. The van der Waals surface area contributed by atoms with Crippen LogP contribution in [-0.4, -0.2) is 26.0 Å². The molecule has 0 spiro atoms. The Hall–Kier alpha value is -1.59. The molecule has 0 radical (unpaired) electrons. The molecule has 0 unspecified atom stereocenters. The Kier molecular flexibility index (Phi) is 3.89. The third-order valence-corrected chi connectivity index (χ3v) is 4.46. The summed E-state index contributed by atoms with van der Waals surface area (Å²) in [6.45, 7) is 4.64. The first-order valence-corrected chi connectivity index (χ1v) is 8.02. The number of pyridine rings is 1. The topological polar surface area (TPSA) is 33.6 Å². The van der Waals surface area contributed by atoms with E-state index in [0.29, 0.717) is 0 Å². The van der Waals surface area contributed by atoms with Crippen LogP contribution in [0.2, 0.25) is 0 Å². The summed E-state index contributed by atoms with van der Waals surface area (Å²) in [7, 11) is 0. The highest BCUT2D eigenvalue weighted by Crippen LogP contribution is 2.23. The van der Waals surface area contributed by atoms with Gasteiger partial charge in [0, 0.05) is 23.4 Å². The lowest BCUT2D eigenvalue weighted by Crippen LogP contribution is -2.01. The molecular weight excluding hydrogens is 286 g/mol. The Bertz CT molecular complexity index is 817. The molecule has 3 aromatic rings.